The third kappa shape index (κ3) is 5.30. The van der Waals surface area contributed by atoms with Gasteiger partial charge in [0, 0.05) is 66.2 Å². The predicted molar refractivity (Wildman–Crippen MR) is 157 cm³/mol. The van der Waals surface area contributed by atoms with E-state index < -0.39 is 6.09 Å². The fraction of sp³-hybridized carbons (Fsp3) is 0.414. The minimum Gasteiger partial charge on any atom is -0.465 e. The van der Waals surface area contributed by atoms with Crippen molar-refractivity contribution in [3.63, 3.8) is 0 Å². The molecule has 1 N–H and O–H groups in total. The number of carboxylic acid groups (broad SMARTS) is 1. The van der Waals surface area contributed by atoms with Gasteiger partial charge in [0.25, 0.3) is 0 Å². The topological polar surface area (TPSA) is 81.9 Å². The largest absolute Gasteiger partial charge is 0.465 e. The van der Waals surface area contributed by atoms with Gasteiger partial charge in [-0.25, -0.2) is 4.79 Å². The fourth-order valence-electron chi connectivity index (χ4n) is 6.27. The summed E-state index contributed by atoms with van der Waals surface area (Å²) in [5.41, 5.74) is 5.65. The van der Waals surface area contributed by atoms with E-state index in [0.29, 0.717) is 41.0 Å². The summed E-state index contributed by atoms with van der Waals surface area (Å²) >= 11 is 18.6. The minimum absolute atomic E-state index is 0.165. The number of carbonyl (C=O) groups is 2. The van der Waals surface area contributed by atoms with Crippen LogP contribution in [0, 0.1) is 0 Å². The summed E-state index contributed by atoms with van der Waals surface area (Å²) < 4.78 is 2.05. The summed E-state index contributed by atoms with van der Waals surface area (Å²) in [7, 11) is 0. The third-order valence-corrected chi connectivity index (χ3v) is 9.25. The van der Waals surface area contributed by atoms with Crippen LogP contribution in [-0.2, 0) is 30.7 Å². The van der Waals surface area contributed by atoms with E-state index in [-0.39, 0.29) is 11.9 Å². The molecule has 40 heavy (non-hydrogen) atoms. The molecule has 6 rings (SSSR count). The lowest BCUT2D eigenvalue weighted by Crippen LogP contribution is -2.46. The number of anilines is 1. The Hall–Kier alpha value is -2.78. The summed E-state index contributed by atoms with van der Waals surface area (Å²) in [6.07, 6.45) is 2.93. The molecule has 3 aliphatic heterocycles. The number of carbonyl (C=O) groups excluding carboxylic acids is 1. The third-order valence-electron chi connectivity index (χ3n) is 8.28. The van der Waals surface area contributed by atoms with Crippen LogP contribution in [0.15, 0.2) is 36.4 Å². The first-order chi connectivity index (χ1) is 19.3. The molecule has 3 aromatic rings. The molecular weight excluding hydrogens is 573 g/mol. The highest BCUT2D eigenvalue weighted by atomic mass is 35.5. The molecule has 2 amide bonds. The van der Waals surface area contributed by atoms with Crippen molar-refractivity contribution in [1.82, 2.24) is 19.6 Å². The van der Waals surface area contributed by atoms with Gasteiger partial charge in [-0.2, -0.15) is 5.10 Å². The van der Waals surface area contributed by atoms with Crippen LogP contribution in [0.25, 0.3) is 11.3 Å². The van der Waals surface area contributed by atoms with Crippen molar-refractivity contribution in [3.05, 3.63) is 68.3 Å². The first-order valence-electron chi connectivity index (χ1n) is 13.6. The molecule has 3 aliphatic rings. The summed E-state index contributed by atoms with van der Waals surface area (Å²) in [6, 6.07) is 11.4. The molecule has 11 heteroatoms. The maximum Gasteiger partial charge on any atom is 0.407 e. The molecule has 4 heterocycles. The van der Waals surface area contributed by atoms with E-state index in [4.69, 9.17) is 39.9 Å². The summed E-state index contributed by atoms with van der Waals surface area (Å²) in [4.78, 5) is 30.3. The van der Waals surface area contributed by atoms with Crippen LogP contribution in [0.1, 0.15) is 36.1 Å². The number of amides is 2. The van der Waals surface area contributed by atoms with Crippen molar-refractivity contribution in [2.24, 2.45) is 0 Å². The van der Waals surface area contributed by atoms with Gasteiger partial charge in [-0.15, -0.1) is 0 Å². The van der Waals surface area contributed by atoms with Crippen LogP contribution in [-0.4, -0.2) is 68.9 Å². The second-order valence-electron chi connectivity index (χ2n) is 10.7. The number of benzene rings is 2. The van der Waals surface area contributed by atoms with Crippen molar-refractivity contribution in [2.45, 2.75) is 51.2 Å². The van der Waals surface area contributed by atoms with Gasteiger partial charge in [0.2, 0.25) is 5.91 Å². The molecule has 210 valence electrons. The monoisotopic (exact) mass is 601 g/mol. The number of halogens is 3. The number of fused-ring (bicyclic) bond motifs is 2. The van der Waals surface area contributed by atoms with E-state index >= 15 is 0 Å². The van der Waals surface area contributed by atoms with E-state index in [2.05, 4.69) is 4.90 Å². The highest BCUT2D eigenvalue weighted by Gasteiger charge is 2.35. The Morgan fingerprint density at radius 1 is 1.00 bits per heavy atom. The van der Waals surface area contributed by atoms with Crippen molar-refractivity contribution in [3.8, 4) is 11.3 Å². The molecule has 0 unspecified atom stereocenters. The Balaban J connectivity index is 1.10. The predicted octanol–water partition coefficient (Wildman–Crippen LogP) is 5.99. The quantitative estimate of drug-likeness (QED) is 0.375. The summed E-state index contributed by atoms with van der Waals surface area (Å²) in [6.45, 7) is 4.32. The molecule has 0 atom stereocenters. The number of aromatic nitrogens is 2. The van der Waals surface area contributed by atoms with E-state index in [1.165, 1.54) is 4.90 Å². The fourth-order valence-corrected chi connectivity index (χ4v) is 6.77. The Morgan fingerprint density at radius 3 is 2.55 bits per heavy atom. The van der Waals surface area contributed by atoms with Crippen molar-refractivity contribution < 1.29 is 14.7 Å². The zero-order valence-electron chi connectivity index (χ0n) is 22.0. The van der Waals surface area contributed by atoms with Gasteiger partial charge in [-0.1, -0.05) is 40.9 Å². The number of hydrogen-bond donors (Lipinski definition) is 1. The van der Waals surface area contributed by atoms with Gasteiger partial charge in [-0.3, -0.25) is 9.48 Å². The number of hydrogen-bond acceptors (Lipinski definition) is 4. The van der Waals surface area contributed by atoms with Crippen molar-refractivity contribution in [1.29, 1.82) is 0 Å². The smallest absolute Gasteiger partial charge is 0.407 e. The van der Waals surface area contributed by atoms with E-state index in [1.54, 1.807) is 12.1 Å². The van der Waals surface area contributed by atoms with Gasteiger partial charge in [0.05, 0.1) is 28.7 Å². The lowest BCUT2D eigenvalue weighted by molar-refractivity contribution is -0.118. The number of piperidine rings is 1. The Morgan fingerprint density at radius 2 is 1.80 bits per heavy atom. The molecule has 2 aromatic carbocycles. The summed E-state index contributed by atoms with van der Waals surface area (Å²) in [5, 5.41) is 16.1. The van der Waals surface area contributed by atoms with Crippen molar-refractivity contribution >= 4 is 52.5 Å². The van der Waals surface area contributed by atoms with Gasteiger partial charge in [-0.05, 0) is 61.7 Å². The second kappa shape index (κ2) is 11.2. The standard InChI is InChI=1S/C29H30Cl3N5O3/c30-20-3-5-25-19(14-20)16-27(38)37(25)21-6-11-34(12-7-21)9-1-10-36-26-8-13-35(29(39)40)17-22(26)28(33-36)18-2-4-23(31)24(32)15-18/h2-5,14-15,21H,1,6-13,16-17H2,(H,39,40). The molecule has 8 nitrogen and oxygen atoms in total. The van der Waals surface area contributed by atoms with Crippen LogP contribution in [0.4, 0.5) is 10.5 Å². The molecule has 1 aromatic heterocycles. The van der Waals surface area contributed by atoms with E-state index in [1.807, 2.05) is 33.8 Å². The zero-order valence-corrected chi connectivity index (χ0v) is 24.2. The van der Waals surface area contributed by atoms with Gasteiger partial charge in [0.15, 0.2) is 0 Å². The van der Waals surface area contributed by atoms with Gasteiger partial charge in [0.1, 0.15) is 0 Å². The highest BCUT2D eigenvalue weighted by molar-refractivity contribution is 6.42. The van der Waals surface area contributed by atoms with Crippen LogP contribution in [0.2, 0.25) is 15.1 Å². The Bertz CT molecular complexity index is 1470. The molecule has 0 radical (unpaired) electrons. The Labute approximate surface area is 248 Å². The van der Waals surface area contributed by atoms with Crippen LogP contribution < -0.4 is 4.90 Å². The minimum atomic E-state index is -0.926. The SMILES string of the molecule is O=C(O)N1CCc2c(c(-c3ccc(Cl)c(Cl)c3)nn2CCCN2CCC(N3C(=O)Cc4cc(Cl)ccc43)CC2)C1. The van der Waals surface area contributed by atoms with Gasteiger partial charge < -0.3 is 19.8 Å². The lowest BCUT2D eigenvalue weighted by atomic mass is 10.0. The lowest BCUT2D eigenvalue weighted by Gasteiger charge is -2.37. The number of aryl methyl sites for hydroxylation is 1. The molecular formula is C29H30Cl3N5O3. The number of likely N-dealkylation sites (tertiary alicyclic amines) is 1. The molecule has 0 bridgehead atoms. The zero-order chi connectivity index (χ0) is 28.0. The van der Waals surface area contributed by atoms with E-state index in [9.17, 15) is 14.7 Å². The maximum absolute atomic E-state index is 12.8. The normalized spacial score (nSPS) is 17.8. The van der Waals surface area contributed by atoms with Crippen molar-refractivity contribution in [2.75, 3.05) is 31.1 Å². The molecule has 1 saturated heterocycles. The summed E-state index contributed by atoms with van der Waals surface area (Å²) in [5.74, 6) is 0.165. The first-order valence-corrected chi connectivity index (χ1v) is 14.8. The average molecular weight is 603 g/mol. The van der Waals surface area contributed by atoms with E-state index in [0.717, 1.165) is 79.2 Å². The molecule has 0 saturated carbocycles. The second-order valence-corrected chi connectivity index (χ2v) is 12.0. The molecule has 0 aliphatic carbocycles. The molecule has 0 spiro atoms. The van der Waals surface area contributed by atoms with Crippen LogP contribution >= 0.6 is 34.8 Å². The maximum atomic E-state index is 12.8. The Kier molecular flexibility index (Phi) is 7.70. The number of nitrogens with zero attached hydrogens (tertiary/aromatic N) is 5. The van der Waals surface area contributed by atoms with Gasteiger partial charge >= 0.3 is 6.09 Å². The average Bonchev–Trinajstić information content (AvgIpc) is 3.46. The number of rotatable bonds is 6. The van der Waals surface area contributed by atoms with Crippen LogP contribution in [0.5, 0.6) is 0 Å². The molecule has 1 fully saturated rings. The van der Waals surface area contributed by atoms with Crippen LogP contribution in [0.3, 0.4) is 0 Å². The first kappa shape index (κ1) is 27.4. The highest BCUT2D eigenvalue weighted by Crippen LogP contribution is 2.36.